The van der Waals surface area contributed by atoms with Crippen molar-refractivity contribution >= 4 is 5.97 Å². The molecule has 0 unspecified atom stereocenters. The first kappa shape index (κ1) is 12.5. The van der Waals surface area contributed by atoms with Crippen LogP contribution in [0.25, 0.3) is 0 Å². The average Bonchev–Trinajstić information content (AvgIpc) is 2.20. The highest BCUT2D eigenvalue weighted by Gasteiger charge is 2.18. The van der Waals surface area contributed by atoms with Crippen molar-refractivity contribution in [2.75, 3.05) is 0 Å². The van der Waals surface area contributed by atoms with Crippen LogP contribution in [0.3, 0.4) is 0 Å². The molecule has 0 heterocycles. The molecule has 88 valence electrons. The molecule has 0 aliphatic rings. The maximum absolute atomic E-state index is 11.4. The first-order valence-electron chi connectivity index (χ1n) is 5.23. The van der Waals surface area contributed by atoms with Gasteiger partial charge < -0.3 is 15.6 Å². The summed E-state index contributed by atoms with van der Waals surface area (Å²) in [5, 5.41) is 9.52. The molecule has 0 spiro atoms. The number of esters is 1. The fourth-order valence-corrected chi connectivity index (χ4v) is 1.32. The van der Waals surface area contributed by atoms with Gasteiger partial charge in [-0.2, -0.15) is 0 Å². The summed E-state index contributed by atoms with van der Waals surface area (Å²) in [6, 6.07) is 6.07. The van der Waals surface area contributed by atoms with E-state index in [0.717, 1.165) is 0 Å². The SMILES string of the molecule is CC(C)OC(=O)[C@@H](N)Cc1ccccc1O. The summed E-state index contributed by atoms with van der Waals surface area (Å²) >= 11 is 0. The minimum Gasteiger partial charge on any atom is -0.508 e. The second kappa shape index (κ2) is 5.51. The van der Waals surface area contributed by atoms with Crippen molar-refractivity contribution in [3.05, 3.63) is 29.8 Å². The monoisotopic (exact) mass is 223 g/mol. The van der Waals surface area contributed by atoms with Gasteiger partial charge in [-0.3, -0.25) is 4.79 Å². The Bertz CT molecular complexity index is 363. The topological polar surface area (TPSA) is 72.5 Å². The van der Waals surface area contributed by atoms with Crippen molar-refractivity contribution in [2.24, 2.45) is 5.73 Å². The molecule has 1 rings (SSSR count). The lowest BCUT2D eigenvalue weighted by atomic mass is 10.1. The standard InChI is InChI=1S/C12H17NO3/c1-8(2)16-12(15)10(13)7-9-5-3-4-6-11(9)14/h3-6,8,10,14H,7,13H2,1-2H3/t10-/m0/s1. The number of hydrogen-bond acceptors (Lipinski definition) is 4. The zero-order valence-corrected chi connectivity index (χ0v) is 9.51. The van der Waals surface area contributed by atoms with Crippen LogP contribution in [0.1, 0.15) is 19.4 Å². The van der Waals surface area contributed by atoms with Gasteiger partial charge in [0.1, 0.15) is 11.8 Å². The van der Waals surface area contributed by atoms with Gasteiger partial charge in [0, 0.05) is 6.42 Å². The number of hydrogen-bond donors (Lipinski definition) is 2. The van der Waals surface area contributed by atoms with Crippen molar-refractivity contribution in [1.29, 1.82) is 0 Å². The summed E-state index contributed by atoms with van der Waals surface area (Å²) in [5.41, 5.74) is 6.33. The number of ether oxygens (including phenoxy) is 1. The molecule has 0 aromatic heterocycles. The lowest BCUT2D eigenvalue weighted by molar-refractivity contribution is -0.148. The fourth-order valence-electron chi connectivity index (χ4n) is 1.32. The van der Waals surface area contributed by atoms with Crippen LogP contribution in [0.2, 0.25) is 0 Å². The van der Waals surface area contributed by atoms with E-state index in [4.69, 9.17) is 10.5 Å². The van der Waals surface area contributed by atoms with Gasteiger partial charge in [0.15, 0.2) is 0 Å². The van der Waals surface area contributed by atoms with E-state index in [-0.39, 0.29) is 18.3 Å². The molecule has 1 aromatic carbocycles. The van der Waals surface area contributed by atoms with E-state index >= 15 is 0 Å². The number of rotatable bonds is 4. The van der Waals surface area contributed by atoms with E-state index in [1.807, 2.05) is 0 Å². The molecule has 3 N–H and O–H groups in total. The van der Waals surface area contributed by atoms with Crippen LogP contribution in [0, 0.1) is 0 Å². The summed E-state index contributed by atoms with van der Waals surface area (Å²) in [6.07, 6.45) is 0.0982. The van der Waals surface area contributed by atoms with Crippen molar-refractivity contribution in [3.8, 4) is 5.75 Å². The Morgan fingerprint density at radius 2 is 2.06 bits per heavy atom. The molecule has 0 bridgehead atoms. The zero-order chi connectivity index (χ0) is 12.1. The number of benzene rings is 1. The number of para-hydroxylation sites is 1. The first-order chi connectivity index (χ1) is 7.50. The maximum atomic E-state index is 11.4. The Labute approximate surface area is 95.0 Å². The molecular weight excluding hydrogens is 206 g/mol. The van der Waals surface area contributed by atoms with E-state index in [9.17, 15) is 9.90 Å². The molecule has 0 radical (unpaired) electrons. The Balaban J connectivity index is 2.61. The number of phenolic OH excluding ortho intramolecular Hbond substituents is 1. The first-order valence-corrected chi connectivity index (χ1v) is 5.23. The van der Waals surface area contributed by atoms with Gasteiger partial charge in [0.05, 0.1) is 6.10 Å². The molecule has 1 aromatic rings. The average molecular weight is 223 g/mol. The van der Waals surface area contributed by atoms with E-state index in [0.29, 0.717) is 5.56 Å². The summed E-state index contributed by atoms with van der Waals surface area (Å²) < 4.78 is 4.98. The van der Waals surface area contributed by atoms with Crippen LogP contribution in [0.4, 0.5) is 0 Å². The third-order valence-corrected chi connectivity index (χ3v) is 2.09. The van der Waals surface area contributed by atoms with Gasteiger partial charge in [-0.05, 0) is 25.5 Å². The second-order valence-electron chi connectivity index (χ2n) is 3.92. The molecule has 0 saturated carbocycles. The molecule has 4 heteroatoms. The van der Waals surface area contributed by atoms with Crippen LogP contribution in [0.5, 0.6) is 5.75 Å². The van der Waals surface area contributed by atoms with E-state index in [1.54, 1.807) is 38.1 Å². The van der Waals surface area contributed by atoms with Crippen molar-refractivity contribution in [3.63, 3.8) is 0 Å². The van der Waals surface area contributed by atoms with Gasteiger partial charge in [-0.25, -0.2) is 0 Å². The summed E-state index contributed by atoms with van der Waals surface area (Å²) in [5.74, 6) is -0.298. The summed E-state index contributed by atoms with van der Waals surface area (Å²) in [4.78, 5) is 11.4. The van der Waals surface area contributed by atoms with Crippen molar-refractivity contribution in [1.82, 2.24) is 0 Å². The molecule has 0 fully saturated rings. The number of aromatic hydroxyl groups is 1. The van der Waals surface area contributed by atoms with Crippen molar-refractivity contribution < 1.29 is 14.6 Å². The molecule has 0 aliphatic heterocycles. The largest absolute Gasteiger partial charge is 0.508 e. The normalized spacial score (nSPS) is 12.5. The quantitative estimate of drug-likeness (QED) is 0.753. The Hall–Kier alpha value is -1.55. The highest BCUT2D eigenvalue weighted by atomic mass is 16.5. The van der Waals surface area contributed by atoms with Crippen LogP contribution in [0.15, 0.2) is 24.3 Å². The highest BCUT2D eigenvalue weighted by Crippen LogP contribution is 2.17. The van der Waals surface area contributed by atoms with Gasteiger partial charge in [-0.1, -0.05) is 18.2 Å². The predicted molar refractivity (Wildman–Crippen MR) is 61.0 cm³/mol. The third kappa shape index (κ3) is 3.55. The number of carbonyl (C=O) groups is 1. The maximum Gasteiger partial charge on any atom is 0.323 e. The lowest BCUT2D eigenvalue weighted by Crippen LogP contribution is -2.35. The Morgan fingerprint density at radius 3 is 2.62 bits per heavy atom. The van der Waals surface area contributed by atoms with E-state index in [2.05, 4.69) is 0 Å². The number of carbonyl (C=O) groups excluding carboxylic acids is 1. The van der Waals surface area contributed by atoms with Gasteiger partial charge in [0.2, 0.25) is 0 Å². The fraction of sp³-hybridized carbons (Fsp3) is 0.417. The zero-order valence-electron chi connectivity index (χ0n) is 9.51. The summed E-state index contributed by atoms with van der Waals surface area (Å²) in [6.45, 7) is 3.54. The molecule has 0 aliphatic carbocycles. The minimum absolute atomic E-state index is 0.148. The molecule has 0 amide bonds. The van der Waals surface area contributed by atoms with Crippen LogP contribution >= 0.6 is 0 Å². The van der Waals surface area contributed by atoms with E-state index in [1.165, 1.54) is 0 Å². The van der Waals surface area contributed by atoms with Crippen LogP contribution in [-0.4, -0.2) is 23.2 Å². The highest BCUT2D eigenvalue weighted by molar-refractivity contribution is 5.76. The van der Waals surface area contributed by atoms with E-state index < -0.39 is 12.0 Å². The lowest BCUT2D eigenvalue weighted by Gasteiger charge is -2.14. The molecule has 16 heavy (non-hydrogen) atoms. The van der Waals surface area contributed by atoms with Crippen molar-refractivity contribution in [2.45, 2.75) is 32.4 Å². The number of nitrogens with two attached hydrogens (primary N) is 1. The molecule has 4 nitrogen and oxygen atoms in total. The molecular formula is C12H17NO3. The Morgan fingerprint density at radius 1 is 1.44 bits per heavy atom. The van der Waals surface area contributed by atoms with Gasteiger partial charge in [-0.15, -0.1) is 0 Å². The van der Waals surface area contributed by atoms with Crippen LogP contribution < -0.4 is 5.73 Å². The minimum atomic E-state index is -0.740. The summed E-state index contributed by atoms with van der Waals surface area (Å²) in [7, 11) is 0. The smallest absolute Gasteiger partial charge is 0.323 e. The van der Waals surface area contributed by atoms with Crippen LogP contribution in [-0.2, 0) is 16.0 Å². The third-order valence-electron chi connectivity index (χ3n) is 2.09. The second-order valence-corrected chi connectivity index (χ2v) is 3.92. The van der Waals surface area contributed by atoms with Gasteiger partial charge >= 0.3 is 5.97 Å². The van der Waals surface area contributed by atoms with Gasteiger partial charge in [0.25, 0.3) is 0 Å². The predicted octanol–water partition coefficient (Wildman–Crippen LogP) is 1.21. The molecule has 0 saturated heterocycles. The molecule has 1 atom stereocenters. The Kier molecular flexibility index (Phi) is 4.31. The number of phenols is 1.